The number of rotatable bonds is 11. The number of amides is 1. The molecule has 7 unspecified atom stereocenters. The lowest BCUT2D eigenvalue weighted by Gasteiger charge is -2.34. The molecule has 0 fully saturated rings. The van der Waals surface area contributed by atoms with E-state index in [1.54, 1.807) is 12.2 Å². The Morgan fingerprint density at radius 3 is 2.28 bits per heavy atom. The van der Waals surface area contributed by atoms with Crippen LogP contribution in [0.2, 0.25) is 0 Å². The Hall–Kier alpha value is -1.03. The Morgan fingerprint density at radius 1 is 1.09 bits per heavy atom. The molecule has 0 aromatic heterocycles. The summed E-state index contributed by atoms with van der Waals surface area (Å²) in [6.07, 6.45) is 0.0413. The number of aliphatic hydroxyl groups excluding tert-OH is 5. The van der Waals surface area contributed by atoms with Gasteiger partial charge in [-0.25, -0.2) is 0 Å². The molecule has 0 aromatic rings. The van der Waals surface area contributed by atoms with Crippen molar-refractivity contribution in [2.75, 3.05) is 6.54 Å². The summed E-state index contributed by atoms with van der Waals surface area (Å²) in [6.45, 7) is 12.4. The monoisotopic (exact) mass is 458 g/mol. The highest BCUT2D eigenvalue weighted by atomic mass is 16.4. The van der Waals surface area contributed by atoms with Crippen LogP contribution in [0.1, 0.15) is 73.6 Å². The van der Waals surface area contributed by atoms with Crippen LogP contribution in [0.25, 0.3) is 0 Å². The minimum Gasteiger partial charge on any atom is -0.393 e. The number of aliphatic hydroxyl groups is 5. The number of carbonyl (C=O) groups is 1. The zero-order chi connectivity index (χ0) is 24.7. The molecule has 1 amide bonds. The molecule has 8 nitrogen and oxygen atoms in total. The van der Waals surface area contributed by atoms with Gasteiger partial charge in [-0.1, -0.05) is 53.7 Å². The summed E-state index contributed by atoms with van der Waals surface area (Å²) in [7, 11) is 0. The Bertz CT molecular complexity index is 604. The normalized spacial score (nSPS) is 27.5. The van der Waals surface area contributed by atoms with Crippen LogP contribution in [0.15, 0.2) is 12.2 Å². The van der Waals surface area contributed by atoms with E-state index in [1.165, 1.54) is 0 Å². The highest BCUT2D eigenvalue weighted by Crippen LogP contribution is 2.35. The van der Waals surface area contributed by atoms with Crippen LogP contribution in [-0.2, 0) is 4.79 Å². The summed E-state index contributed by atoms with van der Waals surface area (Å²) < 4.78 is 0. The first-order valence-corrected chi connectivity index (χ1v) is 11.7. The van der Waals surface area contributed by atoms with Gasteiger partial charge in [0, 0.05) is 19.4 Å². The minimum atomic E-state index is -1.31. The second-order valence-corrected chi connectivity index (χ2v) is 11.3. The molecular formula is C24H46N2O6. The maximum absolute atomic E-state index is 12.8. The van der Waals surface area contributed by atoms with Crippen molar-refractivity contribution < 1.29 is 30.3 Å². The molecule has 7 N–H and O–H groups in total. The van der Waals surface area contributed by atoms with Crippen molar-refractivity contribution >= 4 is 5.91 Å². The van der Waals surface area contributed by atoms with E-state index in [2.05, 4.69) is 31.4 Å². The molecule has 32 heavy (non-hydrogen) atoms. The van der Waals surface area contributed by atoms with Crippen molar-refractivity contribution in [1.29, 1.82) is 0 Å². The summed E-state index contributed by atoms with van der Waals surface area (Å²) in [4.78, 5) is 12.8. The van der Waals surface area contributed by atoms with Crippen LogP contribution in [0.4, 0.5) is 0 Å². The van der Waals surface area contributed by atoms with Crippen molar-refractivity contribution in [1.82, 2.24) is 10.6 Å². The van der Waals surface area contributed by atoms with Crippen molar-refractivity contribution in [3.05, 3.63) is 12.2 Å². The number of nitrogens with one attached hydrogen (secondary N) is 2. The molecule has 0 bridgehead atoms. The Morgan fingerprint density at radius 2 is 1.72 bits per heavy atom. The number of hydrogen-bond donors (Lipinski definition) is 7. The smallest absolute Gasteiger partial charge is 0.220 e. The molecule has 0 spiro atoms. The van der Waals surface area contributed by atoms with Gasteiger partial charge in [-0.05, 0) is 30.1 Å². The van der Waals surface area contributed by atoms with E-state index in [0.29, 0.717) is 12.8 Å². The van der Waals surface area contributed by atoms with Crippen LogP contribution in [0.3, 0.4) is 0 Å². The third-order valence-corrected chi connectivity index (χ3v) is 5.85. The topological polar surface area (TPSA) is 142 Å². The van der Waals surface area contributed by atoms with Gasteiger partial charge >= 0.3 is 0 Å². The lowest BCUT2D eigenvalue weighted by atomic mass is 9.74. The van der Waals surface area contributed by atoms with Crippen LogP contribution in [-0.4, -0.2) is 80.6 Å². The van der Waals surface area contributed by atoms with E-state index >= 15 is 0 Å². The number of carbonyl (C=O) groups excluding carboxylic acids is 1. The molecule has 0 aliphatic heterocycles. The van der Waals surface area contributed by atoms with Crippen molar-refractivity contribution in [3.63, 3.8) is 0 Å². The first-order valence-electron chi connectivity index (χ1n) is 11.7. The number of hydrogen-bond acceptors (Lipinski definition) is 7. The van der Waals surface area contributed by atoms with Gasteiger partial charge in [-0.2, -0.15) is 0 Å². The van der Waals surface area contributed by atoms with Crippen molar-refractivity contribution in [2.24, 2.45) is 10.8 Å². The van der Waals surface area contributed by atoms with E-state index in [9.17, 15) is 30.3 Å². The highest BCUT2D eigenvalue weighted by Gasteiger charge is 2.34. The fraction of sp³-hybridized carbons (Fsp3) is 0.875. The van der Waals surface area contributed by atoms with E-state index < -0.39 is 42.6 Å². The second-order valence-electron chi connectivity index (χ2n) is 11.3. The minimum absolute atomic E-state index is 0.0723. The van der Waals surface area contributed by atoms with Gasteiger partial charge in [0.05, 0.1) is 30.4 Å². The van der Waals surface area contributed by atoms with Crippen LogP contribution < -0.4 is 10.6 Å². The molecular weight excluding hydrogens is 412 g/mol. The maximum Gasteiger partial charge on any atom is 0.220 e. The standard InChI is InChI=1S/C24H46N2O6/c1-7-15(27)11-19(29)17(26-20(30)12-24(5,6)14-23(2,3)4)13-25-16-9-8-10-18(28)22(32)21(16)31/h8-9,15-19,21-22,25,27-29,31-32H,7,10-14H2,1-6H3,(H,26,30). The molecule has 0 aromatic carbocycles. The fourth-order valence-corrected chi connectivity index (χ4v) is 4.59. The van der Waals surface area contributed by atoms with E-state index in [4.69, 9.17) is 0 Å². The van der Waals surface area contributed by atoms with Gasteiger partial charge in [0.1, 0.15) is 12.2 Å². The average molecular weight is 459 g/mol. The average Bonchev–Trinajstić information content (AvgIpc) is 2.76. The third kappa shape index (κ3) is 10.3. The fourth-order valence-electron chi connectivity index (χ4n) is 4.59. The third-order valence-electron chi connectivity index (χ3n) is 5.85. The van der Waals surface area contributed by atoms with Gasteiger partial charge in [0.2, 0.25) is 5.91 Å². The van der Waals surface area contributed by atoms with Gasteiger partial charge in [-0.3, -0.25) is 4.79 Å². The molecule has 1 aliphatic rings. The van der Waals surface area contributed by atoms with Gasteiger partial charge < -0.3 is 36.2 Å². The van der Waals surface area contributed by atoms with Gasteiger partial charge in [-0.15, -0.1) is 0 Å². The molecule has 1 aliphatic carbocycles. The van der Waals surface area contributed by atoms with Crippen molar-refractivity contribution in [2.45, 2.75) is 116 Å². The predicted molar refractivity (Wildman–Crippen MR) is 125 cm³/mol. The predicted octanol–water partition coefficient (Wildman–Crippen LogP) is 0.846. The molecule has 0 saturated carbocycles. The van der Waals surface area contributed by atoms with E-state index in [-0.39, 0.29) is 36.1 Å². The molecule has 1 rings (SSSR count). The summed E-state index contributed by atoms with van der Waals surface area (Å²) in [5, 5.41) is 56.9. The molecule has 0 radical (unpaired) electrons. The van der Waals surface area contributed by atoms with Crippen LogP contribution in [0, 0.1) is 10.8 Å². The van der Waals surface area contributed by atoms with E-state index in [0.717, 1.165) is 6.42 Å². The first-order chi connectivity index (χ1) is 14.6. The van der Waals surface area contributed by atoms with Crippen molar-refractivity contribution in [3.8, 4) is 0 Å². The first kappa shape index (κ1) is 29.0. The van der Waals surface area contributed by atoms with Crippen LogP contribution in [0.5, 0.6) is 0 Å². The summed E-state index contributed by atoms with van der Waals surface area (Å²) in [6, 6.07) is -1.35. The Balaban J connectivity index is 2.85. The second kappa shape index (κ2) is 12.4. The maximum atomic E-state index is 12.8. The summed E-state index contributed by atoms with van der Waals surface area (Å²) in [5.74, 6) is -0.191. The SMILES string of the molecule is CCC(O)CC(O)C(CNC1C=CCC(O)C(O)C1O)NC(=O)CC(C)(C)CC(C)(C)C. The Kier molecular flexibility index (Phi) is 11.3. The molecule has 0 heterocycles. The molecule has 0 saturated heterocycles. The van der Waals surface area contributed by atoms with Gasteiger partial charge in [0.15, 0.2) is 0 Å². The highest BCUT2D eigenvalue weighted by molar-refractivity contribution is 5.77. The van der Waals surface area contributed by atoms with E-state index in [1.807, 2.05) is 20.8 Å². The summed E-state index contributed by atoms with van der Waals surface area (Å²) in [5.41, 5.74) is -0.155. The molecule has 7 atom stereocenters. The molecule has 8 heteroatoms. The lowest BCUT2D eigenvalue weighted by molar-refractivity contribution is -0.125. The molecule has 188 valence electrons. The zero-order valence-corrected chi connectivity index (χ0v) is 20.6. The van der Waals surface area contributed by atoms with Gasteiger partial charge in [0.25, 0.3) is 0 Å². The lowest BCUT2D eigenvalue weighted by Crippen LogP contribution is -2.55. The van der Waals surface area contributed by atoms with Crippen LogP contribution >= 0.6 is 0 Å². The Labute approximate surface area is 193 Å². The zero-order valence-electron chi connectivity index (χ0n) is 20.6. The summed E-state index contributed by atoms with van der Waals surface area (Å²) >= 11 is 0. The quantitative estimate of drug-likeness (QED) is 0.228. The largest absolute Gasteiger partial charge is 0.393 e.